The van der Waals surface area contributed by atoms with Crippen LogP contribution in [0.15, 0.2) is 36.7 Å². The van der Waals surface area contributed by atoms with Gasteiger partial charge in [0, 0.05) is 17.1 Å². The van der Waals surface area contributed by atoms with Crippen molar-refractivity contribution in [2.45, 2.75) is 44.4 Å². The van der Waals surface area contributed by atoms with E-state index in [0.717, 1.165) is 10.2 Å². The predicted octanol–water partition coefficient (Wildman–Crippen LogP) is 5.53. The second-order valence-electron chi connectivity index (χ2n) is 7.45. The first kappa shape index (κ1) is 21.7. The highest BCUT2D eigenvalue weighted by molar-refractivity contribution is 6.32. The maximum atomic E-state index is 13.3. The third-order valence-corrected chi connectivity index (χ3v) is 5.80. The van der Waals surface area contributed by atoms with E-state index in [9.17, 15) is 18.0 Å². The Morgan fingerprint density at radius 2 is 2.00 bits per heavy atom. The smallest absolute Gasteiger partial charge is 0.322 e. The maximum Gasteiger partial charge on any atom is 0.436 e. The summed E-state index contributed by atoms with van der Waals surface area (Å²) in [4.78, 5) is 12.7. The van der Waals surface area contributed by atoms with E-state index in [4.69, 9.17) is 23.2 Å². The van der Waals surface area contributed by atoms with Crippen LogP contribution in [-0.2, 0) is 17.5 Å². The number of amides is 1. The van der Waals surface area contributed by atoms with Gasteiger partial charge in [-0.15, -0.1) is 0 Å². The van der Waals surface area contributed by atoms with Gasteiger partial charge in [0.25, 0.3) is 0 Å². The van der Waals surface area contributed by atoms with E-state index < -0.39 is 28.8 Å². The first-order valence-corrected chi connectivity index (χ1v) is 10.3. The number of aromatic nitrogens is 4. The van der Waals surface area contributed by atoms with Gasteiger partial charge < -0.3 is 5.32 Å². The summed E-state index contributed by atoms with van der Waals surface area (Å²) in [6, 6.07) is 6.33. The Kier molecular flexibility index (Phi) is 5.74. The lowest BCUT2D eigenvalue weighted by atomic mass is 10.2. The van der Waals surface area contributed by atoms with Gasteiger partial charge in [-0.1, -0.05) is 41.4 Å². The highest BCUT2D eigenvalue weighted by Crippen LogP contribution is 2.47. The van der Waals surface area contributed by atoms with Gasteiger partial charge in [0.2, 0.25) is 5.91 Å². The van der Waals surface area contributed by atoms with E-state index in [1.54, 1.807) is 16.9 Å². The van der Waals surface area contributed by atoms with Gasteiger partial charge in [-0.2, -0.15) is 23.4 Å². The number of benzene rings is 1. The molecule has 1 atom stereocenters. The van der Waals surface area contributed by atoms with Crippen molar-refractivity contribution in [3.05, 3.63) is 63.7 Å². The molecule has 1 unspecified atom stereocenters. The highest BCUT2D eigenvalue weighted by Gasteiger charge is 2.43. The Morgan fingerprint density at radius 1 is 1.29 bits per heavy atom. The summed E-state index contributed by atoms with van der Waals surface area (Å²) in [5.74, 6) is -0.642. The molecule has 2 heterocycles. The van der Waals surface area contributed by atoms with Gasteiger partial charge >= 0.3 is 6.18 Å². The molecular formula is C20H18Cl2F3N5O. The van der Waals surface area contributed by atoms with E-state index in [0.29, 0.717) is 30.1 Å². The topological polar surface area (TPSA) is 64.7 Å². The molecule has 1 N–H and O–H groups in total. The zero-order chi connectivity index (χ0) is 22.3. The first-order chi connectivity index (χ1) is 14.6. The number of anilines is 1. The molecule has 0 saturated heterocycles. The minimum absolute atomic E-state index is 0.121. The molecule has 31 heavy (non-hydrogen) atoms. The molecule has 11 heteroatoms. The molecule has 1 saturated carbocycles. The number of carbonyl (C=O) groups excluding carboxylic acids is 1. The third kappa shape index (κ3) is 4.57. The third-order valence-electron chi connectivity index (χ3n) is 5.06. The number of hydrogen-bond donors (Lipinski definition) is 1. The van der Waals surface area contributed by atoms with E-state index in [-0.39, 0.29) is 11.6 Å². The molecule has 164 valence electrons. The quantitative estimate of drug-likeness (QED) is 0.513. The molecule has 0 aliphatic heterocycles. The molecule has 1 fully saturated rings. The van der Waals surface area contributed by atoms with Crippen LogP contribution in [0, 0.1) is 0 Å². The molecule has 0 radical (unpaired) electrons. The summed E-state index contributed by atoms with van der Waals surface area (Å²) in [5.41, 5.74) is 0.360. The molecule has 0 spiro atoms. The Labute approximate surface area is 185 Å². The molecule has 1 aliphatic carbocycles. The number of alkyl halides is 3. The Bertz CT molecular complexity index is 1120. The average Bonchev–Trinajstić information content (AvgIpc) is 3.34. The lowest BCUT2D eigenvalue weighted by Gasteiger charge is -2.15. The lowest BCUT2D eigenvalue weighted by Crippen LogP contribution is -2.26. The fourth-order valence-electron chi connectivity index (χ4n) is 3.30. The van der Waals surface area contributed by atoms with Crippen molar-refractivity contribution >= 4 is 34.8 Å². The first-order valence-electron chi connectivity index (χ1n) is 9.57. The molecule has 2 aromatic heterocycles. The van der Waals surface area contributed by atoms with Gasteiger partial charge in [0.1, 0.15) is 6.04 Å². The van der Waals surface area contributed by atoms with Gasteiger partial charge in [-0.3, -0.25) is 14.2 Å². The summed E-state index contributed by atoms with van der Waals surface area (Å²) in [6.45, 7) is 1.89. The number of rotatable bonds is 6. The second kappa shape index (κ2) is 8.20. The number of nitrogens with zero attached hydrogens (tertiary/aromatic N) is 4. The molecule has 3 aromatic rings. The maximum absolute atomic E-state index is 13.3. The van der Waals surface area contributed by atoms with E-state index in [1.807, 2.05) is 18.2 Å². The molecule has 0 bridgehead atoms. The minimum Gasteiger partial charge on any atom is -0.322 e. The van der Waals surface area contributed by atoms with Crippen LogP contribution >= 0.6 is 23.2 Å². The molecule has 6 nitrogen and oxygen atoms in total. The lowest BCUT2D eigenvalue weighted by molar-refractivity contribution is -0.141. The molecule has 1 aromatic carbocycles. The highest BCUT2D eigenvalue weighted by atomic mass is 35.5. The summed E-state index contributed by atoms with van der Waals surface area (Å²) >= 11 is 12.1. The molecule has 1 aliphatic rings. The van der Waals surface area contributed by atoms with Crippen LogP contribution in [0.4, 0.5) is 18.9 Å². The van der Waals surface area contributed by atoms with E-state index in [1.165, 1.54) is 13.1 Å². The van der Waals surface area contributed by atoms with Crippen LogP contribution in [0.5, 0.6) is 0 Å². The van der Waals surface area contributed by atoms with E-state index in [2.05, 4.69) is 15.5 Å². The van der Waals surface area contributed by atoms with Crippen LogP contribution in [0.3, 0.4) is 0 Å². The Hall–Kier alpha value is -2.52. The number of hydrogen-bond acceptors (Lipinski definition) is 3. The zero-order valence-electron chi connectivity index (χ0n) is 16.3. The fourth-order valence-corrected chi connectivity index (χ4v) is 3.88. The Morgan fingerprint density at radius 3 is 2.65 bits per heavy atom. The normalized spacial score (nSPS) is 15.2. The number of carbonyl (C=O) groups is 1. The van der Waals surface area contributed by atoms with Gasteiger partial charge in [-0.05, 0) is 31.4 Å². The van der Waals surface area contributed by atoms with Gasteiger partial charge in [-0.25, -0.2) is 0 Å². The number of halogens is 5. The van der Waals surface area contributed by atoms with Crippen molar-refractivity contribution in [2.75, 3.05) is 5.32 Å². The van der Waals surface area contributed by atoms with Crippen LogP contribution in [0.1, 0.15) is 48.7 Å². The summed E-state index contributed by atoms with van der Waals surface area (Å²) < 4.78 is 42.5. The van der Waals surface area contributed by atoms with Gasteiger partial charge in [0.15, 0.2) is 5.69 Å². The predicted molar refractivity (Wildman–Crippen MR) is 110 cm³/mol. The average molecular weight is 472 g/mol. The van der Waals surface area contributed by atoms with Crippen molar-refractivity contribution in [3.63, 3.8) is 0 Å². The summed E-state index contributed by atoms with van der Waals surface area (Å²) in [6.07, 6.45) is -0.187. The molecule has 1 amide bonds. The monoisotopic (exact) mass is 471 g/mol. The van der Waals surface area contributed by atoms with Crippen molar-refractivity contribution in [2.24, 2.45) is 0 Å². The zero-order valence-corrected chi connectivity index (χ0v) is 17.8. The van der Waals surface area contributed by atoms with Crippen LogP contribution in [-0.4, -0.2) is 25.5 Å². The van der Waals surface area contributed by atoms with Crippen LogP contribution < -0.4 is 5.32 Å². The van der Waals surface area contributed by atoms with Crippen molar-refractivity contribution in [1.82, 2.24) is 19.6 Å². The molecular weight excluding hydrogens is 454 g/mol. The van der Waals surface area contributed by atoms with Crippen LogP contribution in [0.2, 0.25) is 10.0 Å². The fraction of sp³-hybridized carbons (Fsp3) is 0.350. The standard InChI is InChI=1S/C20H18Cl2F3N5O/c1-11(30-17(12-6-7-12)16(22)18(28-30)20(23,24)25)19(31)27-14-8-26-29(10-14)9-13-4-2-3-5-15(13)21/h2-5,8,10-12H,6-7,9H2,1H3,(H,27,31). The van der Waals surface area contributed by atoms with Crippen LogP contribution in [0.25, 0.3) is 0 Å². The van der Waals surface area contributed by atoms with Gasteiger partial charge in [0.05, 0.1) is 29.1 Å². The molecule has 4 rings (SSSR count). The minimum atomic E-state index is -4.69. The SMILES string of the molecule is CC(C(=O)Nc1cnn(Cc2ccccc2Cl)c1)n1nc(C(F)(F)F)c(Cl)c1C1CC1. The summed E-state index contributed by atoms with van der Waals surface area (Å²) in [7, 11) is 0. The number of nitrogens with one attached hydrogen (secondary N) is 1. The second-order valence-corrected chi connectivity index (χ2v) is 8.23. The largest absolute Gasteiger partial charge is 0.436 e. The van der Waals surface area contributed by atoms with Crippen molar-refractivity contribution in [3.8, 4) is 0 Å². The van der Waals surface area contributed by atoms with E-state index >= 15 is 0 Å². The Balaban J connectivity index is 1.51. The van der Waals surface area contributed by atoms with Crippen molar-refractivity contribution in [1.29, 1.82) is 0 Å². The summed E-state index contributed by atoms with van der Waals surface area (Å²) in [5, 5.41) is 10.7. The van der Waals surface area contributed by atoms with Crippen molar-refractivity contribution < 1.29 is 18.0 Å².